The molecule has 1 aromatic rings. The van der Waals surface area contributed by atoms with E-state index in [1.807, 2.05) is 20.8 Å². The topological polar surface area (TPSA) is 29.1 Å². The number of benzene rings is 1. The highest BCUT2D eigenvalue weighted by Crippen LogP contribution is 2.32. The number of hydrogen-bond acceptors (Lipinski definition) is 1. The number of carbonyl (C=O) groups excluding carboxylic acids is 1. The van der Waals surface area contributed by atoms with Crippen LogP contribution >= 0.6 is 0 Å². The van der Waals surface area contributed by atoms with Crippen molar-refractivity contribution in [2.75, 3.05) is 0 Å². The van der Waals surface area contributed by atoms with Crippen LogP contribution in [-0.4, -0.2) is 11.4 Å². The molecule has 2 nitrogen and oxygen atoms in total. The molecule has 0 bridgehead atoms. The summed E-state index contributed by atoms with van der Waals surface area (Å²) in [7, 11) is 0. The third-order valence-corrected chi connectivity index (χ3v) is 3.94. The van der Waals surface area contributed by atoms with Gasteiger partial charge in [0, 0.05) is 11.1 Å². The Morgan fingerprint density at radius 1 is 1.10 bits per heavy atom. The maximum atomic E-state index is 13.2. The summed E-state index contributed by atoms with van der Waals surface area (Å²) in [6.45, 7) is 5.71. The lowest BCUT2D eigenvalue weighted by Gasteiger charge is -2.31. The molecule has 118 valence electrons. The zero-order valence-electron chi connectivity index (χ0n) is 12.3. The van der Waals surface area contributed by atoms with E-state index >= 15 is 0 Å². The minimum Gasteiger partial charge on any atom is -0.347 e. The molecule has 1 amide bonds. The molecule has 0 saturated heterocycles. The van der Waals surface area contributed by atoms with Crippen molar-refractivity contribution in [1.82, 2.24) is 5.32 Å². The molecule has 0 aromatic heterocycles. The largest absolute Gasteiger partial charge is 0.419 e. The predicted octanol–water partition coefficient (Wildman–Crippen LogP) is 4.54. The molecule has 6 heteroatoms. The second kappa shape index (κ2) is 6.45. The summed E-state index contributed by atoms with van der Waals surface area (Å²) in [6.07, 6.45) is -2.82. The van der Waals surface area contributed by atoms with Gasteiger partial charge in [-0.1, -0.05) is 20.8 Å². The molecule has 0 atom stereocenters. The zero-order chi connectivity index (χ0) is 16.3. The molecule has 0 fully saturated rings. The van der Waals surface area contributed by atoms with E-state index in [2.05, 4.69) is 5.32 Å². The lowest BCUT2D eigenvalue weighted by atomic mass is 9.89. The summed E-state index contributed by atoms with van der Waals surface area (Å²) in [5.41, 5.74) is -2.07. The molecule has 1 aromatic carbocycles. The number of alkyl halides is 3. The fourth-order valence-electron chi connectivity index (χ4n) is 2.21. The smallest absolute Gasteiger partial charge is 0.347 e. The van der Waals surface area contributed by atoms with Gasteiger partial charge in [0.05, 0.1) is 5.56 Å². The van der Waals surface area contributed by atoms with Gasteiger partial charge in [-0.3, -0.25) is 4.79 Å². The van der Waals surface area contributed by atoms with Gasteiger partial charge in [-0.25, -0.2) is 4.39 Å². The lowest BCUT2D eigenvalue weighted by molar-refractivity contribution is -0.140. The van der Waals surface area contributed by atoms with Gasteiger partial charge in [-0.15, -0.1) is 0 Å². The molecule has 0 saturated carbocycles. The van der Waals surface area contributed by atoms with E-state index in [1.165, 1.54) is 0 Å². The van der Waals surface area contributed by atoms with E-state index in [-0.39, 0.29) is 5.56 Å². The number of rotatable bonds is 5. The van der Waals surface area contributed by atoms with Crippen molar-refractivity contribution in [3.63, 3.8) is 0 Å². The molecule has 0 aliphatic rings. The first-order valence-corrected chi connectivity index (χ1v) is 6.88. The van der Waals surface area contributed by atoms with E-state index in [1.54, 1.807) is 0 Å². The first-order chi connectivity index (χ1) is 9.69. The molecule has 0 heterocycles. The summed E-state index contributed by atoms with van der Waals surface area (Å²) in [6, 6.07) is 2.28. The highest BCUT2D eigenvalue weighted by molar-refractivity contribution is 5.94. The van der Waals surface area contributed by atoms with Crippen LogP contribution in [0.15, 0.2) is 18.2 Å². The first kappa shape index (κ1) is 17.5. The molecule has 21 heavy (non-hydrogen) atoms. The summed E-state index contributed by atoms with van der Waals surface area (Å²) in [5, 5.41) is 2.77. The Balaban J connectivity index is 3.09. The number of hydrogen-bond donors (Lipinski definition) is 1. The van der Waals surface area contributed by atoms with Crippen molar-refractivity contribution in [3.8, 4) is 0 Å². The molecule has 0 radical (unpaired) electrons. The summed E-state index contributed by atoms with van der Waals surface area (Å²) < 4.78 is 51.2. The Kier molecular flexibility index (Phi) is 5.36. The maximum Gasteiger partial charge on any atom is 0.419 e. The molecule has 0 unspecified atom stereocenters. The highest BCUT2D eigenvalue weighted by atomic mass is 19.4. The summed E-state index contributed by atoms with van der Waals surface area (Å²) >= 11 is 0. The SMILES string of the molecule is CCC(CC)(CC)NC(=O)c1ccc(F)c(C(F)(F)F)c1. The fourth-order valence-corrected chi connectivity index (χ4v) is 2.21. The van der Waals surface area contributed by atoms with Crippen LogP contribution in [0, 0.1) is 5.82 Å². The average Bonchev–Trinajstić information content (AvgIpc) is 2.44. The molecule has 1 rings (SSSR count). The van der Waals surface area contributed by atoms with Crippen LogP contribution in [0.2, 0.25) is 0 Å². The molecule has 0 spiro atoms. The number of amides is 1. The van der Waals surface area contributed by atoms with Gasteiger partial charge in [-0.2, -0.15) is 13.2 Å². The Labute approximate surface area is 121 Å². The van der Waals surface area contributed by atoms with E-state index < -0.39 is 29.0 Å². The normalized spacial score (nSPS) is 12.3. The van der Waals surface area contributed by atoms with Crippen LogP contribution in [0.3, 0.4) is 0 Å². The molecule has 0 aliphatic carbocycles. The summed E-state index contributed by atoms with van der Waals surface area (Å²) in [5.74, 6) is -2.00. The second-order valence-electron chi connectivity index (χ2n) is 4.99. The van der Waals surface area contributed by atoms with E-state index in [0.29, 0.717) is 31.4 Å². The number of halogens is 4. The van der Waals surface area contributed by atoms with Crippen molar-refractivity contribution in [3.05, 3.63) is 35.1 Å². The molecular weight excluding hydrogens is 286 g/mol. The number of nitrogens with one attached hydrogen (secondary N) is 1. The molecule has 1 N–H and O–H groups in total. The Bertz CT molecular complexity index is 499. The second-order valence-corrected chi connectivity index (χ2v) is 4.99. The van der Waals surface area contributed by atoms with Gasteiger partial charge in [-0.05, 0) is 37.5 Å². The first-order valence-electron chi connectivity index (χ1n) is 6.88. The van der Waals surface area contributed by atoms with Crippen molar-refractivity contribution in [2.24, 2.45) is 0 Å². The van der Waals surface area contributed by atoms with Crippen molar-refractivity contribution in [1.29, 1.82) is 0 Å². The minimum atomic E-state index is -4.82. The zero-order valence-corrected chi connectivity index (χ0v) is 12.3. The molecular formula is C15H19F4NO. The van der Waals surface area contributed by atoms with Crippen molar-refractivity contribution < 1.29 is 22.4 Å². The Morgan fingerprint density at radius 2 is 1.62 bits per heavy atom. The lowest BCUT2D eigenvalue weighted by Crippen LogP contribution is -2.47. The van der Waals surface area contributed by atoms with Crippen LogP contribution in [0.4, 0.5) is 17.6 Å². The number of carbonyl (C=O) groups is 1. The van der Waals surface area contributed by atoms with Gasteiger partial charge in [0.25, 0.3) is 5.91 Å². The third kappa shape index (κ3) is 3.95. The predicted molar refractivity (Wildman–Crippen MR) is 72.5 cm³/mol. The Morgan fingerprint density at radius 3 is 2.05 bits per heavy atom. The van der Waals surface area contributed by atoms with E-state index in [9.17, 15) is 22.4 Å². The quantitative estimate of drug-likeness (QED) is 0.795. The monoisotopic (exact) mass is 305 g/mol. The Hall–Kier alpha value is -1.59. The van der Waals surface area contributed by atoms with E-state index in [4.69, 9.17) is 0 Å². The maximum absolute atomic E-state index is 13.2. The standard InChI is InChI=1S/C15H19F4NO/c1-4-14(5-2,6-3)20-13(21)10-7-8-12(16)11(9-10)15(17,18)19/h7-9H,4-6H2,1-3H3,(H,20,21). The molecule has 0 aliphatic heterocycles. The van der Waals surface area contributed by atoms with Gasteiger partial charge < -0.3 is 5.32 Å². The highest BCUT2D eigenvalue weighted by Gasteiger charge is 2.35. The minimum absolute atomic E-state index is 0.191. The van der Waals surface area contributed by atoms with Crippen molar-refractivity contribution >= 4 is 5.91 Å². The fraction of sp³-hybridized carbons (Fsp3) is 0.533. The average molecular weight is 305 g/mol. The van der Waals surface area contributed by atoms with Crippen molar-refractivity contribution in [2.45, 2.75) is 51.7 Å². The van der Waals surface area contributed by atoms with Crippen LogP contribution in [0.5, 0.6) is 0 Å². The van der Waals surface area contributed by atoms with E-state index in [0.717, 1.165) is 6.07 Å². The van der Waals surface area contributed by atoms with Gasteiger partial charge in [0.1, 0.15) is 5.82 Å². The van der Waals surface area contributed by atoms with Crippen LogP contribution in [0.25, 0.3) is 0 Å². The van der Waals surface area contributed by atoms with Gasteiger partial charge >= 0.3 is 6.18 Å². The van der Waals surface area contributed by atoms with Crippen LogP contribution in [-0.2, 0) is 6.18 Å². The van der Waals surface area contributed by atoms with Gasteiger partial charge in [0.2, 0.25) is 0 Å². The van der Waals surface area contributed by atoms with Crippen LogP contribution in [0.1, 0.15) is 56.0 Å². The summed E-state index contributed by atoms with van der Waals surface area (Å²) in [4.78, 5) is 12.1. The third-order valence-electron chi connectivity index (χ3n) is 3.94. The van der Waals surface area contributed by atoms with Gasteiger partial charge in [0.15, 0.2) is 0 Å². The van der Waals surface area contributed by atoms with Crippen LogP contribution < -0.4 is 5.32 Å².